The summed E-state index contributed by atoms with van der Waals surface area (Å²) in [7, 11) is 0. The van der Waals surface area contributed by atoms with Crippen molar-refractivity contribution in [2.24, 2.45) is 0 Å². The molecule has 2 fully saturated rings. The van der Waals surface area contributed by atoms with Gasteiger partial charge in [0.05, 0.1) is 19.8 Å². The molecule has 0 amide bonds. The molecule has 2 aliphatic rings. The molecule has 7 N–H and O–H groups in total. The van der Waals surface area contributed by atoms with Gasteiger partial charge in [0.15, 0.2) is 18.7 Å². The van der Waals surface area contributed by atoms with E-state index in [0.29, 0.717) is 12.8 Å². The minimum Gasteiger partial charge on any atom is -0.462 e. The van der Waals surface area contributed by atoms with Gasteiger partial charge in [-0.2, -0.15) is 0 Å². The highest BCUT2D eigenvalue weighted by Crippen LogP contribution is 2.26. The van der Waals surface area contributed by atoms with Crippen molar-refractivity contribution in [3.63, 3.8) is 0 Å². The van der Waals surface area contributed by atoms with Crippen LogP contribution in [0.15, 0.2) is 60.8 Å². The molecular weight excluding hydrogens is 877 g/mol. The number of esters is 2. The maximum absolute atomic E-state index is 13.0. The zero-order valence-corrected chi connectivity index (χ0v) is 41.3. The fraction of sp³-hybridized carbons (Fsp3) is 0.774. The molecule has 0 aromatic carbocycles. The Labute approximate surface area is 407 Å². The Hall–Kier alpha value is -2.80. The maximum atomic E-state index is 13.0. The second kappa shape index (κ2) is 39.9. The highest BCUT2D eigenvalue weighted by atomic mass is 16.7. The molecule has 0 bridgehead atoms. The number of allylic oxidation sites excluding steroid dienone is 10. The fourth-order valence-corrected chi connectivity index (χ4v) is 7.73. The van der Waals surface area contributed by atoms with Crippen molar-refractivity contribution in [2.75, 3.05) is 26.4 Å². The Morgan fingerprint density at radius 3 is 1.44 bits per heavy atom. The Kier molecular flexibility index (Phi) is 36.0. The Balaban J connectivity index is 1.84. The number of aliphatic hydroxyl groups is 7. The van der Waals surface area contributed by atoms with Crippen LogP contribution >= 0.6 is 0 Å². The molecule has 4 unspecified atom stereocenters. The van der Waals surface area contributed by atoms with Crippen molar-refractivity contribution in [3.8, 4) is 0 Å². The number of aliphatic hydroxyl groups excluding tert-OH is 7. The lowest BCUT2D eigenvalue weighted by atomic mass is 9.98. The number of rotatable bonds is 39. The molecule has 68 heavy (non-hydrogen) atoms. The number of carbonyl (C=O) groups is 2. The molecule has 0 aliphatic carbocycles. The van der Waals surface area contributed by atoms with E-state index in [0.717, 1.165) is 51.4 Å². The molecule has 0 aromatic rings. The van der Waals surface area contributed by atoms with Gasteiger partial charge >= 0.3 is 11.9 Å². The second-order valence-electron chi connectivity index (χ2n) is 18.0. The first-order valence-electron chi connectivity index (χ1n) is 25.9. The molecule has 392 valence electrons. The van der Waals surface area contributed by atoms with Crippen LogP contribution in [-0.2, 0) is 38.0 Å². The molecule has 0 radical (unpaired) electrons. The molecule has 2 heterocycles. The van der Waals surface area contributed by atoms with Crippen molar-refractivity contribution in [3.05, 3.63) is 60.8 Å². The van der Waals surface area contributed by atoms with Gasteiger partial charge in [0.1, 0.15) is 55.4 Å². The summed E-state index contributed by atoms with van der Waals surface area (Å²) in [6.45, 7) is 2.47. The molecule has 2 rings (SSSR count). The minimum atomic E-state index is -1.78. The molecule has 15 nitrogen and oxygen atoms in total. The van der Waals surface area contributed by atoms with Crippen LogP contribution in [0.3, 0.4) is 0 Å². The molecule has 2 aliphatic heterocycles. The zero-order valence-electron chi connectivity index (χ0n) is 41.3. The van der Waals surface area contributed by atoms with Crippen molar-refractivity contribution < 1.29 is 73.8 Å². The van der Waals surface area contributed by atoms with Crippen LogP contribution in [0.5, 0.6) is 0 Å². The molecule has 0 aromatic heterocycles. The number of ether oxygens (including phenoxy) is 6. The molecule has 0 spiro atoms. The summed E-state index contributed by atoms with van der Waals surface area (Å²) in [5.41, 5.74) is 0. The van der Waals surface area contributed by atoms with Gasteiger partial charge in [-0.05, 0) is 51.4 Å². The normalized spacial score (nSPS) is 26.2. The van der Waals surface area contributed by atoms with Gasteiger partial charge in [0, 0.05) is 12.8 Å². The van der Waals surface area contributed by atoms with Crippen LogP contribution in [0.1, 0.15) is 168 Å². The van der Waals surface area contributed by atoms with Crippen LogP contribution in [-0.4, -0.2) is 142 Å². The van der Waals surface area contributed by atoms with Crippen molar-refractivity contribution in [1.29, 1.82) is 0 Å². The van der Waals surface area contributed by atoms with Gasteiger partial charge in [-0.25, -0.2) is 0 Å². The van der Waals surface area contributed by atoms with Crippen LogP contribution in [0.2, 0.25) is 0 Å². The van der Waals surface area contributed by atoms with Gasteiger partial charge in [-0.15, -0.1) is 0 Å². The molecular formula is C53H90O15. The van der Waals surface area contributed by atoms with Gasteiger partial charge in [-0.1, -0.05) is 164 Å². The number of carbonyl (C=O) groups excluding carboxylic acids is 2. The van der Waals surface area contributed by atoms with Gasteiger partial charge in [-0.3, -0.25) is 9.59 Å². The monoisotopic (exact) mass is 967 g/mol. The highest BCUT2D eigenvalue weighted by molar-refractivity contribution is 5.70. The minimum absolute atomic E-state index is 0.0935. The van der Waals surface area contributed by atoms with E-state index in [4.69, 9.17) is 28.4 Å². The quantitative estimate of drug-likeness (QED) is 0.0183. The predicted octanol–water partition coefficient (Wildman–Crippen LogP) is 7.27. The summed E-state index contributed by atoms with van der Waals surface area (Å²) >= 11 is 0. The molecule has 15 heteroatoms. The molecule has 11 atom stereocenters. The molecule has 0 saturated carbocycles. The topological polar surface area (TPSA) is 231 Å². The first kappa shape index (κ1) is 61.3. The van der Waals surface area contributed by atoms with Gasteiger partial charge < -0.3 is 64.2 Å². The smallest absolute Gasteiger partial charge is 0.306 e. The first-order chi connectivity index (χ1) is 33.0. The van der Waals surface area contributed by atoms with E-state index in [2.05, 4.69) is 62.5 Å². The number of hydrogen-bond acceptors (Lipinski definition) is 15. The summed E-state index contributed by atoms with van der Waals surface area (Å²) in [5, 5.41) is 72.0. The standard InChI is InChI=1S/C53H90O15/c1-3-5-7-9-11-13-15-17-18-19-20-21-22-24-25-27-29-31-33-35-44(55)63-38-41(66-45(56)36-34-32-30-28-26-23-16-14-12-10-8-6-4-2)39-64-52-51(62)49(60)47(58)43(68-52)40-65-53-50(61)48(59)46(57)42(37-54)67-53/h11,13,17-18,20-21,24-25,29,31,41-43,46-54,57-62H,3-10,12,14-16,19,22-23,26-28,30,32-40H2,1-2H3/b13-11+,18-17+,21-20+,25-24+,31-29+/t41-,42+,43+,46-,47-,48?,49?,50?,51?,52+,53+/m0/s1. The van der Waals surface area contributed by atoms with Crippen LogP contribution < -0.4 is 0 Å². The zero-order chi connectivity index (χ0) is 49.6. The Morgan fingerprint density at radius 2 is 0.912 bits per heavy atom. The van der Waals surface area contributed by atoms with Crippen LogP contribution in [0.25, 0.3) is 0 Å². The first-order valence-corrected chi connectivity index (χ1v) is 25.9. The third-order valence-corrected chi connectivity index (χ3v) is 12.0. The van der Waals surface area contributed by atoms with E-state index >= 15 is 0 Å². The lowest BCUT2D eigenvalue weighted by Crippen LogP contribution is -2.61. The van der Waals surface area contributed by atoms with E-state index in [1.54, 1.807) is 0 Å². The van der Waals surface area contributed by atoms with Crippen molar-refractivity contribution >= 4 is 11.9 Å². The Morgan fingerprint density at radius 1 is 0.471 bits per heavy atom. The van der Waals surface area contributed by atoms with Crippen LogP contribution in [0, 0.1) is 0 Å². The predicted molar refractivity (Wildman–Crippen MR) is 261 cm³/mol. The van der Waals surface area contributed by atoms with E-state index in [-0.39, 0.29) is 19.4 Å². The Bertz CT molecular complexity index is 1420. The van der Waals surface area contributed by atoms with E-state index < -0.39 is 99.3 Å². The highest BCUT2D eigenvalue weighted by Gasteiger charge is 2.47. The summed E-state index contributed by atoms with van der Waals surface area (Å²) in [4.78, 5) is 25.7. The number of unbranched alkanes of at least 4 members (excludes halogenated alkanes) is 15. The summed E-state index contributed by atoms with van der Waals surface area (Å²) in [6, 6.07) is 0. The summed E-state index contributed by atoms with van der Waals surface area (Å²) in [6.07, 6.45) is 28.3. The molecule has 2 saturated heterocycles. The van der Waals surface area contributed by atoms with Crippen LogP contribution in [0.4, 0.5) is 0 Å². The summed E-state index contributed by atoms with van der Waals surface area (Å²) in [5.74, 6) is -1.02. The number of hydrogen-bond donors (Lipinski definition) is 7. The average molecular weight is 967 g/mol. The van der Waals surface area contributed by atoms with E-state index in [1.807, 2.05) is 12.2 Å². The van der Waals surface area contributed by atoms with Gasteiger partial charge in [0.2, 0.25) is 0 Å². The average Bonchev–Trinajstić information content (AvgIpc) is 3.33. The third-order valence-electron chi connectivity index (χ3n) is 12.0. The van der Waals surface area contributed by atoms with Crippen molar-refractivity contribution in [1.82, 2.24) is 0 Å². The fourth-order valence-electron chi connectivity index (χ4n) is 7.73. The SMILES string of the molecule is CCCCC/C=C/C/C=C/C/C=C/C/C=C/C/C=C/CCC(=O)OC[C@@H](CO[C@@H]1O[C@H](CO[C@@H]2O[C@H](CO)[C@H](O)C(O)C2O)[C@H](O)C(O)C1O)OC(=O)CCCCCCCCCCCCCCC. The third kappa shape index (κ3) is 27.6. The van der Waals surface area contributed by atoms with Gasteiger partial charge in [0.25, 0.3) is 0 Å². The van der Waals surface area contributed by atoms with Crippen molar-refractivity contribution in [2.45, 2.75) is 235 Å². The lowest BCUT2D eigenvalue weighted by molar-refractivity contribution is -0.332. The largest absolute Gasteiger partial charge is 0.462 e. The maximum Gasteiger partial charge on any atom is 0.306 e. The van der Waals surface area contributed by atoms with E-state index in [1.165, 1.54) is 77.0 Å². The second-order valence-corrected chi connectivity index (χ2v) is 18.0. The van der Waals surface area contributed by atoms with E-state index in [9.17, 15) is 45.3 Å². The summed E-state index contributed by atoms with van der Waals surface area (Å²) < 4.78 is 33.5. The lowest BCUT2D eigenvalue weighted by Gasteiger charge is -2.42.